The number of hydrogen-bond acceptors (Lipinski definition) is 12. The van der Waals surface area contributed by atoms with Gasteiger partial charge in [0.2, 0.25) is 0 Å². The first kappa shape index (κ1) is 38.7. The molecular formula is C40H60O12. The Morgan fingerprint density at radius 1 is 0.692 bits per heavy atom. The van der Waals surface area contributed by atoms with Gasteiger partial charge in [0.05, 0.1) is 67.6 Å². The molecule has 18 atom stereocenters. The highest BCUT2D eigenvalue weighted by Gasteiger charge is 2.57. The molecule has 12 heteroatoms. The first-order valence-electron chi connectivity index (χ1n) is 19.9. The fourth-order valence-corrected chi connectivity index (χ4v) is 10.1. The van der Waals surface area contributed by atoms with Crippen molar-refractivity contribution >= 4 is 11.6 Å². The van der Waals surface area contributed by atoms with Gasteiger partial charge in [0.1, 0.15) is 42.1 Å². The minimum atomic E-state index is -1.08. The summed E-state index contributed by atoms with van der Waals surface area (Å²) in [5.41, 5.74) is 2.04. The highest BCUT2D eigenvalue weighted by molar-refractivity contribution is 5.79. The topological polar surface area (TPSA) is 170 Å². The molecule has 7 aliphatic rings. The number of carbonyl (C=O) groups excluding carboxylic acids is 2. The summed E-state index contributed by atoms with van der Waals surface area (Å²) >= 11 is 0. The van der Waals surface area contributed by atoms with Gasteiger partial charge in [-0.1, -0.05) is 27.0 Å². The Morgan fingerprint density at radius 3 is 2.19 bits per heavy atom. The molecular weight excluding hydrogens is 672 g/mol. The van der Waals surface area contributed by atoms with Crippen LogP contribution in [0.15, 0.2) is 24.3 Å². The molecule has 4 unspecified atom stereocenters. The van der Waals surface area contributed by atoms with Crippen LogP contribution in [0.5, 0.6) is 0 Å². The molecule has 0 aromatic rings. The summed E-state index contributed by atoms with van der Waals surface area (Å²) in [4.78, 5) is 26.9. The van der Waals surface area contributed by atoms with E-state index in [4.69, 9.17) is 28.4 Å². The van der Waals surface area contributed by atoms with Crippen LogP contribution in [0.1, 0.15) is 97.3 Å². The molecule has 0 saturated carbocycles. The number of fused-ring (bicyclic) bond motifs is 7. The average Bonchev–Trinajstić information content (AvgIpc) is 3.73. The third-order valence-electron chi connectivity index (χ3n) is 13.3. The van der Waals surface area contributed by atoms with Gasteiger partial charge in [-0.15, -0.1) is 0 Å². The van der Waals surface area contributed by atoms with E-state index in [1.165, 1.54) is 0 Å². The van der Waals surface area contributed by atoms with Crippen molar-refractivity contribution in [2.24, 2.45) is 17.8 Å². The largest absolute Gasteiger partial charge is 0.394 e. The van der Waals surface area contributed by atoms with E-state index in [1.54, 1.807) is 0 Å². The highest BCUT2D eigenvalue weighted by Crippen LogP contribution is 2.44. The maximum atomic E-state index is 13.8. The number of hydrogen-bond donors (Lipinski definition) is 4. The van der Waals surface area contributed by atoms with E-state index in [-0.39, 0.29) is 105 Å². The summed E-state index contributed by atoms with van der Waals surface area (Å²) in [5, 5.41) is 42.5. The highest BCUT2D eigenvalue weighted by atomic mass is 16.6. The predicted octanol–water partition coefficient (Wildman–Crippen LogP) is 2.89. The van der Waals surface area contributed by atoms with E-state index < -0.39 is 54.9 Å². The second-order valence-corrected chi connectivity index (χ2v) is 17.0. The van der Waals surface area contributed by atoms with Crippen molar-refractivity contribution in [1.29, 1.82) is 0 Å². The van der Waals surface area contributed by atoms with Crippen molar-refractivity contribution in [3.8, 4) is 0 Å². The maximum absolute atomic E-state index is 13.8. The first-order chi connectivity index (χ1) is 24.9. The maximum Gasteiger partial charge on any atom is 0.135 e. The second kappa shape index (κ2) is 16.3. The first-order valence-corrected chi connectivity index (χ1v) is 19.9. The summed E-state index contributed by atoms with van der Waals surface area (Å²) in [7, 11) is 0. The van der Waals surface area contributed by atoms with Crippen molar-refractivity contribution in [3.63, 3.8) is 0 Å². The summed E-state index contributed by atoms with van der Waals surface area (Å²) in [5.74, 6) is 0.0495. The number of ketones is 2. The van der Waals surface area contributed by atoms with E-state index >= 15 is 0 Å². The molecule has 4 N–H and O–H groups in total. The van der Waals surface area contributed by atoms with E-state index in [0.717, 1.165) is 30.4 Å². The molecule has 7 rings (SSSR count). The van der Waals surface area contributed by atoms with Crippen LogP contribution in [0.25, 0.3) is 0 Å². The number of aliphatic hydroxyl groups is 4. The van der Waals surface area contributed by atoms with E-state index in [2.05, 4.69) is 27.0 Å². The number of ether oxygens (including phenoxy) is 6. The van der Waals surface area contributed by atoms with Crippen LogP contribution in [0, 0.1) is 17.8 Å². The lowest BCUT2D eigenvalue weighted by molar-refractivity contribution is -0.259. The normalized spacial score (nSPS) is 48.4. The lowest BCUT2D eigenvalue weighted by Crippen LogP contribution is -2.61. The molecule has 12 nitrogen and oxygen atoms in total. The molecule has 7 fully saturated rings. The Labute approximate surface area is 307 Å². The monoisotopic (exact) mass is 732 g/mol. The van der Waals surface area contributed by atoms with Gasteiger partial charge >= 0.3 is 0 Å². The summed E-state index contributed by atoms with van der Waals surface area (Å²) in [6, 6.07) is 0. The fraction of sp³-hybridized carbons (Fsp3) is 0.850. The van der Waals surface area contributed by atoms with Crippen molar-refractivity contribution < 1.29 is 58.4 Å². The van der Waals surface area contributed by atoms with Crippen LogP contribution in [0.4, 0.5) is 0 Å². The van der Waals surface area contributed by atoms with Gasteiger partial charge in [0.25, 0.3) is 0 Å². The number of aliphatic hydroxyl groups excluding tert-OH is 4. The second-order valence-electron chi connectivity index (χ2n) is 17.0. The van der Waals surface area contributed by atoms with Crippen molar-refractivity contribution in [2.45, 2.75) is 189 Å². The van der Waals surface area contributed by atoms with Crippen LogP contribution in [-0.4, -0.2) is 130 Å². The fourth-order valence-electron chi connectivity index (χ4n) is 10.1. The molecule has 0 aromatic carbocycles. The molecule has 7 saturated heterocycles. The predicted molar refractivity (Wildman–Crippen MR) is 187 cm³/mol. The molecule has 0 aromatic heterocycles. The van der Waals surface area contributed by atoms with Gasteiger partial charge in [-0.05, 0) is 73.8 Å². The van der Waals surface area contributed by atoms with Gasteiger partial charge < -0.3 is 48.8 Å². The third-order valence-corrected chi connectivity index (χ3v) is 13.3. The van der Waals surface area contributed by atoms with E-state index in [1.807, 2.05) is 0 Å². The number of Topliss-reactive ketones (excluding diaryl/α,β-unsaturated/α-hetero) is 2. The molecule has 52 heavy (non-hydrogen) atoms. The SMILES string of the molecule is C=C1CC2CCC(=O)C[C@H]3O[C@H]4[C@@H](O)[C@H]5OC(CC[C@@H]5O[C@H]4[C@H]3O)CC(=O)C[C@H]3C(C[C@H]4OC(CC[C@@H]1O2)C[C@@H](C)C4=C)O[C@H](C[C@H](O)CO)[C@@H]3C. The number of rotatable bonds is 3. The summed E-state index contributed by atoms with van der Waals surface area (Å²) < 4.78 is 38.4. The van der Waals surface area contributed by atoms with Gasteiger partial charge in [-0.25, -0.2) is 0 Å². The Hall–Kier alpha value is -1.58. The molecule has 0 aliphatic carbocycles. The zero-order valence-corrected chi connectivity index (χ0v) is 30.8. The molecule has 0 amide bonds. The Morgan fingerprint density at radius 2 is 1.40 bits per heavy atom. The standard InChI is InChI=1S/C40H60O12/c1-19-11-27-7-9-30-20(2)12-26(47-30)6-5-23(42)15-35-36(45)39-40(52-35)37(46)38-31(51-39)10-8-28(49-38)13-24(43)14-29-22(4)32(16-25(44)18-41)50-34(29)17-33(48-27)21(19)3/h19,22,25-41,44-46H,2-3,5-18H2,1,4H3/t19-,22-,25+,26?,27?,28?,29-,30+,31+,32-,33-,34?,35-,36+,37+,38+,39+,40+/m1/s1. The minimum Gasteiger partial charge on any atom is -0.394 e. The molecule has 7 aliphatic heterocycles. The van der Waals surface area contributed by atoms with Crippen LogP contribution in [-0.2, 0) is 38.0 Å². The average molecular weight is 733 g/mol. The zero-order valence-electron chi connectivity index (χ0n) is 30.8. The lowest BCUT2D eigenvalue weighted by atomic mass is 9.79. The zero-order chi connectivity index (χ0) is 36.8. The van der Waals surface area contributed by atoms with Gasteiger partial charge in [0, 0.05) is 38.5 Å². The quantitative estimate of drug-likeness (QED) is 0.314. The van der Waals surface area contributed by atoms with Crippen LogP contribution >= 0.6 is 0 Å². The number of carbonyl (C=O) groups is 2. The molecule has 292 valence electrons. The Bertz CT molecular complexity index is 1320. The molecule has 7 heterocycles. The van der Waals surface area contributed by atoms with E-state index in [0.29, 0.717) is 32.1 Å². The van der Waals surface area contributed by atoms with Crippen molar-refractivity contribution in [3.05, 3.63) is 24.3 Å². The van der Waals surface area contributed by atoms with Gasteiger partial charge in [-0.2, -0.15) is 0 Å². The Kier molecular flexibility index (Phi) is 12.1. The molecule has 0 radical (unpaired) electrons. The van der Waals surface area contributed by atoms with Crippen molar-refractivity contribution in [1.82, 2.24) is 0 Å². The molecule has 0 spiro atoms. The smallest absolute Gasteiger partial charge is 0.135 e. The van der Waals surface area contributed by atoms with Crippen LogP contribution in [0.2, 0.25) is 0 Å². The third kappa shape index (κ3) is 8.17. The van der Waals surface area contributed by atoms with Gasteiger partial charge in [0.15, 0.2) is 0 Å². The van der Waals surface area contributed by atoms with Crippen molar-refractivity contribution in [2.75, 3.05) is 6.61 Å². The summed E-state index contributed by atoms with van der Waals surface area (Å²) in [6.45, 7) is 12.6. The van der Waals surface area contributed by atoms with E-state index in [9.17, 15) is 30.0 Å². The van der Waals surface area contributed by atoms with Gasteiger partial charge in [-0.3, -0.25) is 9.59 Å². The van der Waals surface area contributed by atoms with Crippen LogP contribution < -0.4 is 0 Å². The minimum absolute atomic E-state index is 0.00785. The van der Waals surface area contributed by atoms with Crippen LogP contribution in [0.3, 0.4) is 0 Å². The Balaban J connectivity index is 1.10. The summed E-state index contributed by atoms with van der Waals surface area (Å²) in [6.07, 6.45) is -1.85. The lowest BCUT2D eigenvalue weighted by Gasteiger charge is -2.46. The molecule has 8 bridgehead atoms.